The predicted molar refractivity (Wildman–Crippen MR) is 73.6 cm³/mol. The third kappa shape index (κ3) is 3.31. The second kappa shape index (κ2) is 6.55. The lowest BCUT2D eigenvalue weighted by molar-refractivity contribution is -0.150. The summed E-state index contributed by atoms with van der Waals surface area (Å²) < 4.78 is 9.80. The van der Waals surface area contributed by atoms with Gasteiger partial charge in [0.05, 0.1) is 25.9 Å². The van der Waals surface area contributed by atoms with Gasteiger partial charge in [-0.05, 0) is 11.4 Å². The van der Waals surface area contributed by atoms with E-state index in [2.05, 4.69) is 10.1 Å². The number of anilines is 1. The molecule has 8 nitrogen and oxygen atoms in total. The monoisotopic (exact) mass is 314 g/mol. The van der Waals surface area contributed by atoms with Gasteiger partial charge in [0.2, 0.25) is 0 Å². The molecule has 1 aromatic heterocycles. The third-order valence-electron chi connectivity index (χ3n) is 2.98. The Bertz CT molecular complexity index is 558. The molecule has 114 valence electrons. The van der Waals surface area contributed by atoms with Crippen LogP contribution in [0.3, 0.4) is 0 Å². The highest BCUT2D eigenvalue weighted by molar-refractivity contribution is 7.14. The molecule has 1 aromatic rings. The molecule has 1 saturated heterocycles. The average Bonchev–Trinajstić information content (AvgIpc) is 2.94. The molecular weight excluding hydrogens is 300 g/mol. The number of ether oxygens (including phenoxy) is 2. The Kier molecular flexibility index (Phi) is 4.76. The van der Waals surface area contributed by atoms with Crippen molar-refractivity contribution >= 4 is 34.3 Å². The van der Waals surface area contributed by atoms with Gasteiger partial charge in [-0.1, -0.05) is 0 Å². The lowest BCUT2D eigenvalue weighted by Crippen LogP contribution is -2.54. The molecule has 9 heteroatoms. The van der Waals surface area contributed by atoms with Crippen molar-refractivity contribution in [3.8, 4) is 0 Å². The first-order valence-electron chi connectivity index (χ1n) is 6.08. The molecule has 2 amide bonds. The fraction of sp³-hybridized carbons (Fsp3) is 0.417. The van der Waals surface area contributed by atoms with Crippen molar-refractivity contribution in [1.82, 2.24) is 4.90 Å². The van der Waals surface area contributed by atoms with Crippen LogP contribution >= 0.6 is 11.3 Å². The smallest absolute Gasteiger partial charge is 0.338 e. The molecule has 0 spiro atoms. The largest absolute Gasteiger partial charge is 0.478 e. The molecule has 1 aliphatic heterocycles. The maximum Gasteiger partial charge on any atom is 0.338 e. The van der Waals surface area contributed by atoms with Crippen LogP contribution in [-0.2, 0) is 14.3 Å². The summed E-state index contributed by atoms with van der Waals surface area (Å²) in [5.41, 5.74) is 0.0104. The SMILES string of the molecule is COC(=O)C1COCCN1C(=O)Nc1sccc1C(=O)O. The van der Waals surface area contributed by atoms with Gasteiger partial charge in [0, 0.05) is 6.54 Å². The van der Waals surface area contributed by atoms with E-state index in [0.29, 0.717) is 6.61 Å². The van der Waals surface area contributed by atoms with Crippen molar-refractivity contribution in [1.29, 1.82) is 0 Å². The zero-order valence-electron chi connectivity index (χ0n) is 11.2. The summed E-state index contributed by atoms with van der Waals surface area (Å²) in [6.45, 7) is 0.576. The number of carbonyl (C=O) groups excluding carboxylic acids is 2. The molecule has 2 heterocycles. The van der Waals surface area contributed by atoms with Crippen LogP contribution in [0.4, 0.5) is 9.80 Å². The van der Waals surface area contributed by atoms with E-state index in [0.717, 1.165) is 11.3 Å². The van der Waals surface area contributed by atoms with Crippen molar-refractivity contribution in [2.45, 2.75) is 6.04 Å². The number of methoxy groups -OCH3 is 1. The van der Waals surface area contributed by atoms with Gasteiger partial charge < -0.3 is 19.5 Å². The number of hydrogen-bond acceptors (Lipinski definition) is 6. The maximum atomic E-state index is 12.2. The summed E-state index contributed by atoms with van der Waals surface area (Å²) in [6.07, 6.45) is 0. The number of carbonyl (C=O) groups is 3. The first-order valence-corrected chi connectivity index (χ1v) is 6.96. The number of rotatable bonds is 3. The van der Waals surface area contributed by atoms with E-state index < -0.39 is 24.0 Å². The van der Waals surface area contributed by atoms with Crippen LogP contribution < -0.4 is 5.32 Å². The van der Waals surface area contributed by atoms with Crippen LogP contribution in [0.25, 0.3) is 0 Å². The molecule has 0 aliphatic carbocycles. The Morgan fingerprint density at radius 1 is 1.52 bits per heavy atom. The average molecular weight is 314 g/mol. The Hall–Kier alpha value is -2.13. The van der Waals surface area contributed by atoms with Gasteiger partial charge in [0.1, 0.15) is 5.00 Å². The Labute approximate surface area is 124 Å². The van der Waals surface area contributed by atoms with E-state index in [4.69, 9.17) is 9.84 Å². The Morgan fingerprint density at radius 3 is 2.95 bits per heavy atom. The number of amides is 2. The highest BCUT2D eigenvalue weighted by Crippen LogP contribution is 2.24. The predicted octanol–water partition coefficient (Wildman–Crippen LogP) is 0.852. The normalized spacial score (nSPS) is 18.1. The molecule has 1 atom stereocenters. The molecule has 2 N–H and O–H groups in total. The van der Waals surface area contributed by atoms with Gasteiger partial charge in [-0.15, -0.1) is 11.3 Å². The molecule has 0 bridgehead atoms. The van der Waals surface area contributed by atoms with Crippen LogP contribution in [0, 0.1) is 0 Å². The zero-order chi connectivity index (χ0) is 15.4. The van der Waals surface area contributed by atoms with Gasteiger partial charge in [-0.25, -0.2) is 14.4 Å². The van der Waals surface area contributed by atoms with Crippen LogP contribution in [0.2, 0.25) is 0 Å². The van der Waals surface area contributed by atoms with E-state index >= 15 is 0 Å². The minimum Gasteiger partial charge on any atom is -0.478 e. The van der Waals surface area contributed by atoms with Crippen molar-refractivity contribution in [2.24, 2.45) is 0 Å². The van der Waals surface area contributed by atoms with E-state index in [-0.39, 0.29) is 23.7 Å². The fourth-order valence-corrected chi connectivity index (χ4v) is 2.69. The van der Waals surface area contributed by atoms with E-state index in [1.54, 1.807) is 5.38 Å². The highest BCUT2D eigenvalue weighted by atomic mass is 32.1. The van der Waals surface area contributed by atoms with E-state index in [1.807, 2.05) is 0 Å². The molecule has 0 saturated carbocycles. The van der Waals surface area contributed by atoms with Gasteiger partial charge in [0.15, 0.2) is 6.04 Å². The summed E-state index contributed by atoms with van der Waals surface area (Å²) in [4.78, 5) is 36.2. The number of nitrogens with one attached hydrogen (secondary N) is 1. The van der Waals surface area contributed by atoms with Gasteiger partial charge in [-0.3, -0.25) is 5.32 Å². The second-order valence-corrected chi connectivity index (χ2v) is 5.12. The molecule has 1 aliphatic rings. The molecule has 1 unspecified atom stereocenters. The van der Waals surface area contributed by atoms with Gasteiger partial charge >= 0.3 is 18.0 Å². The van der Waals surface area contributed by atoms with Crippen molar-refractivity contribution in [2.75, 3.05) is 32.2 Å². The van der Waals surface area contributed by atoms with Crippen molar-refractivity contribution in [3.63, 3.8) is 0 Å². The molecule has 0 radical (unpaired) electrons. The van der Waals surface area contributed by atoms with Crippen LogP contribution in [0.15, 0.2) is 11.4 Å². The Morgan fingerprint density at radius 2 is 2.29 bits per heavy atom. The highest BCUT2D eigenvalue weighted by Gasteiger charge is 2.34. The minimum absolute atomic E-state index is 0.0104. The second-order valence-electron chi connectivity index (χ2n) is 4.21. The number of aromatic carboxylic acids is 1. The summed E-state index contributed by atoms with van der Waals surface area (Å²) in [5.74, 6) is -1.70. The molecular formula is C12H14N2O6S. The van der Waals surface area contributed by atoms with Crippen molar-refractivity contribution < 1.29 is 29.0 Å². The Balaban J connectivity index is 2.12. The van der Waals surface area contributed by atoms with E-state index in [1.165, 1.54) is 18.1 Å². The molecule has 21 heavy (non-hydrogen) atoms. The third-order valence-corrected chi connectivity index (χ3v) is 3.81. The van der Waals surface area contributed by atoms with Crippen LogP contribution in [0.1, 0.15) is 10.4 Å². The first-order chi connectivity index (χ1) is 10.0. The summed E-state index contributed by atoms with van der Waals surface area (Å²) >= 11 is 1.10. The van der Waals surface area contributed by atoms with Gasteiger partial charge in [0.25, 0.3) is 0 Å². The number of esters is 1. The lowest BCUT2D eigenvalue weighted by atomic mass is 10.2. The van der Waals surface area contributed by atoms with Crippen molar-refractivity contribution in [3.05, 3.63) is 17.0 Å². The van der Waals surface area contributed by atoms with Gasteiger partial charge in [-0.2, -0.15) is 0 Å². The number of morpholine rings is 1. The van der Waals surface area contributed by atoms with Crippen LogP contribution in [0.5, 0.6) is 0 Å². The molecule has 2 rings (SSSR count). The summed E-state index contributed by atoms with van der Waals surface area (Å²) in [7, 11) is 1.23. The number of carboxylic acid groups (broad SMARTS) is 1. The maximum absolute atomic E-state index is 12.2. The summed E-state index contributed by atoms with van der Waals surface area (Å²) in [5, 5.41) is 13.3. The zero-order valence-corrected chi connectivity index (χ0v) is 12.0. The quantitative estimate of drug-likeness (QED) is 0.801. The molecule has 1 fully saturated rings. The molecule has 0 aromatic carbocycles. The number of carboxylic acids is 1. The standard InChI is InChI=1S/C12H14N2O6S/c1-19-11(17)8-6-20-4-3-14(8)12(18)13-9-7(10(15)16)2-5-21-9/h2,5,8H,3-4,6H2,1H3,(H,13,18)(H,15,16). The number of thiophene rings is 1. The van der Waals surface area contributed by atoms with E-state index in [9.17, 15) is 14.4 Å². The number of hydrogen-bond donors (Lipinski definition) is 2. The number of urea groups is 1. The first kappa shape index (κ1) is 15.3. The minimum atomic E-state index is -1.13. The van der Waals surface area contributed by atoms with Crippen LogP contribution in [-0.4, -0.2) is 60.9 Å². The topological polar surface area (TPSA) is 105 Å². The fourth-order valence-electron chi connectivity index (χ4n) is 1.92. The summed E-state index contributed by atoms with van der Waals surface area (Å²) in [6, 6.07) is 0.00957. The number of nitrogens with zero attached hydrogens (tertiary/aromatic N) is 1. The lowest BCUT2D eigenvalue weighted by Gasteiger charge is -2.33.